The number of benzene rings is 7. The van der Waals surface area contributed by atoms with Gasteiger partial charge in [0.15, 0.2) is 0 Å². The molecule has 7 aromatic carbocycles. The summed E-state index contributed by atoms with van der Waals surface area (Å²) in [5.41, 5.74) is 7.84. The van der Waals surface area contributed by atoms with E-state index >= 15 is 0 Å². The first kappa shape index (κ1) is 37.3. The number of aromatic nitrogens is 2. The van der Waals surface area contributed by atoms with Crippen molar-refractivity contribution in [1.82, 2.24) is 9.55 Å². The van der Waals surface area contributed by atoms with Gasteiger partial charge in [0.1, 0.15) is 108 Å². The van der Waals surface area contributed by atoms with E-state index < -0.39 is 0 Å². The molecule has 0 aliphatic rings. The molecule has 0 saturated heterocycles. The van der Waals surface area contributed by atoms with Crippen molar-refractivity contribution in [3.05, 3.63) is 78.6 Å². The number of imidazole rings is 1. The molecule has 0 aliphatic carbocycles. The summed E-state index contributed by atoms with van der Waals surface area (Å²) in [5, 5.41) is 1.90. The number of fused-ring (bicyclic) bond motifs is 3. The highest BCUT2D eigenvalue weighted by molar-refractivity contribution is 6.72. The van der Waals surface area contributed by atoms with Crippen LogP contribution in [0.25, 0.3) is 71.6 Å². The Balaban J connectivity index is 1.56. The Labute approximate surface area is 338 Å². The average molecular weight is 664 g/mol. The van der Waals surface area contributed by atoms with E-state index in [-0.39, 0.29) is 71.0 Å². The molecule has 0 unspecified atom stereocenters. The van der Waals surface area contributed by atoms with Crippen LogP contribution in [0.3, 0.4) is 0 Å². The number of hydrogen-bond acceptors (Lipinski definition) is 1. The van der Waals surface area contributed by atoms with Crippen molar-refractivity contribution in [2.24, 2.45) is 0 Å². The molecule has 0 spiro atoms. The number of nitrogens with zero attached hydrogens (tertiary/aromatic N) is 2. The maximum absolute atomic E-state index is 7.01. The van der Waals surface area contributed by atoms with E-state index in [4.69, 9.17) is 107 Å². The minimum atomic E-state index is 0.0984. The normalized spacial score (nSPS) is 11.6. The Morgan fingerprint density at radius 1 is 0.382 bits per heavy atom. The van der Waals surface area contributed by atoms with E-state index in [1.165, 1.54) is 0 Å². The Morgan fingerprint density at radius 2 is 0.764 bits per heavy atom. The largest absolute Gasteiger partial charge is 0.296 e. The van der Waals surface area contributed by atoms with Crippen LogP contribution in [-0.2, 0) is 0 Å². The van der Waals surface area contributed by atoms with Crippen LogP contribution < -0.4 is 71.0 Å². The van der Waals surface area contributed by atoms with Crippen LogP contribution in [0.5, 0.6) is 0 Å². The summed E-state index contributed by atoms with van der Waals surface area (Å²) in [4.78, 5) is 4.84. The Hall–Kier alpha value is -4.63. The smallest absolute Gasteiger partial charge is 0.113 e. The third-order valence-corrected chi connectivity index (χ3v) is 10.6. The fourth-order valence-electron chi connectivity index (χ4n) is 7.80. The molecule has 15 heteroatoms. The van der Waals surface area contributed by atoms with Gasteiger partial charge >= 0.3 is 0 Å². The maximum atomic E-state index is 7.01. The standard InChI is InChI=1S/C40H15B13N2/c1-14-54-18-7-3-5-9-20(18)55(14)19-8-4-2-6-17(19)23-26-24(30(43)36(49)38(51)32(26)45)21(25-27(23)33(46)39(52)37(50)31(25)44)15-10-12-16(13-11-15)22-28(41)34(47)40(53)35(48)29(22)42/h2-13H,1H3. The summed E-state index contributed by atoms with van der Waals surface area (Å²) in [7, 11) is 85.8. The highest BCUT2D eigenvalue weighted by Crippen LogP contribution is 2.43. The molecule has 0 fully saturated rings. The number of para-hydroxylation sites is 3. The molecule has 0 aliphatic heterocycles. The Morgan fingerprint density at radius 3 is 1.27 bits per heavy atom. The van der Waals surface area contributed by atoms with Crippen molar-refractivity contribution >= 4 is 206 Å². The van der Waals surface area contributed by atoms with E-state index in [1.807, 2.05) is 67.6 Å². The minimum absolute atomic E-state index is 0.0984. The lowest BCUT2D eigenvalue weighted by molar-refractivity contribution is 1.00. The molecule has 2 nitrogen and oxygen atoms in total. The SMILES string of the molecule is [B]c1c([B])c([B])c(-c2ccc(-c3c4c([B])c([B])c([B])c([B])c4c(-c4ccccc4-n4c(C)nc5ccccc54)c4c([B])c([B])c([B])c([B])c34)cc2)c([B])c1[B]. The average Bonchev–Trinajstić information content (AvgIpc) is 3.53. The van der Waals surface area contributed by atoms with Gasteiger partial charge in [0.25, 0.3) is 0 Å². The van der Waals surface area contributed by atoms with Crippen molar-refractivity contribution in [1.29, 1.82) is 0 Å². The molecule has 0 amide bonds. The van der Waals surface area contributed by atoms with Crippen molar-refractivity contribution in [2.75, 3.05) is 0 Å². The van der Waals surface area contributed by atoms with E-state index in [1.54, 1.807) is 12.1 Å². The second kappa shape index (κ2) is 13.5. The van der Waals surface area contributed by atoms with Crippen molar-refractivity contribution < 1.29 is 0 Å². The molecule has 26 radical (unpaired) electrons. The van der Waals surface area contributed by atoms with Gasteiger partial charge in [0.05, 0.1) is 16.7 Å². The summed E-state index contributed by atoms with van der Waals surface area (Å²) in [6.45, 7) is 1.93. The summed E-state index contributed by atoms with van der Waals surface area (Å²) in [5.74, 6) is 0.748. The number of aryl methyl sites for hydroxylation is 1. The molecule has 0 atom stereocenters. The van der Waals surface area contributed by atoms with Gasteiger partial charge in [-0.15, -0.1) is 38.2 Å². The Kier molecular flexibility index (Phi) is 9.18. The van der Waals surface area contributed by atoms with Crippen molar-refractivity contribution in [3.63, 3.8) is 0 Å². The van der Waals surface area contributed by atoms with Gasteiger partial charge in [0.2, 0.25) is 0 Å². The maximum Gasteiger partial charge on any atom is 0.113 e. The van der Waals surface area contributed by atoms with Crippen LogP contribution in [0.2, 0.25) is 0 Å². The van der Waals surface area contributed by atoms with Gasteiger partial charge in [-0.25, -0.2) is 4.98 Å². The fraction of sp³-hybridized carbons (Fsp3) is 0.0250. The first-order valence-corrected chi connectivity index (χ1v) is 17.1. The van der Waals surface area contributed by atoms with Gasteiger partial charge in [-0.3, -0.25) is 4.57 Å². The molecule has 1 heterocycles. The van der Waals surface area contributed by atoms with Gasteiger partial charge in [-0.1, -0.05) is 87.4 Å². The summed E-state index contributed by atoms with van der Waals surface area (Å²) in [6.07, 6.45) is 0. The summed E-state index contributed by atoms with van der Waals surface area (Å²) in [6, 6.07) is 22.9. The summed E-state index contributed by atoms with van der Waals surface area (Å²) < 4.78 is 2.06. The van der Waals surface area contributed by atoms with Crippen LogP contribution in [0.15, 0.2) is 72.8 Å². The highest BCUT2D eigenvalue weighted by atomic mass is 15.1. The lowest BCUT2D eigenvalue weighted by Crippen LogP contribution is -2.55. The lowest BCUT2D eigenvalue weighted by Gasteiger charge is -2.29. The molecular weight excluding hydrogens is 649 g/mol. The second-order valence-electron chi connectivity index (χ2n) is 13.6. The Bertz CT molecular complexity index is 2860. The zero-order chi connectivity index (χ0) is 39.4. The molecule has 8 rings (SSSR count). The first-order valence-electron chi connectivity index (χ1n) is 17.1. The van der Waals surface area contributed by atoms with Crippen molar-refractivity contribution in [2.45, 2.75) is 6.92 Å². The number of rotatable bonds is 4. The van der Waals surface area contributed by atoms with Gasteiger partial charge in [-0.05, 0) is 74.5 Å². The van der Waals surface area contributed by atoms with E-state index in [0.717, 1.165) is 22.5 Å². The molecule has 0 bridgehead atoms. The van der Waals surface area contributed by atoms with Crippen LogP contribution in [0.1, 0.15) is 5.82 Å². The third kappa shape index (κ3) is 5.39. The van der Waals surface area contributed by atoms with Gasteiger partial charge in [-0.2, -0.15) is 0 Å². The van der Waals surface area contributed by atoms with Gasteiger partial charge in [0, 0.05) is 5.56 Å². The number of hydrogen-bond donors (Lipinski definition) is 0. The second-order valence-corrected chi connectivity index (χ2v) is 13.6. The predicted octanol–water partition coefficient (Wildman–Crippen LogP) is -5.04. The zero-order valence-corrected chi connectivity index (χ0v) is 29.8. The first-order chi connectivity index (χ1) is 26.2. The monoisotopic (exact) mass is 666 g/mol. The van der Waals surface area contributed by atoms with Crippen LogP contribution in [-0.4, -0.2) is 112 Å². The fourth-order valence-corrected chi connectivity index (χ4v) is 7.80. The zero-order valence-electron chi connectivity index (χ0n) is 29.8. The molecule has 8 aromatic rings. The quantitative estimate of drug-likeness (QED) is 0.136. The molecule has 55 heavy (non-hydrogen) atoms. The topological polar surface area (TPSA) is 17.8 Å². The third-order valence-electron chi connectivity index (χ3n) is 10.6. The molecule has 1 aromatic heterocycles. The van der Waals surface area contributed by atoms with Crippen molar-refractivity contribution in [3.8, 4) is 39.1 Å². The van der Waals surface area contributed by atoms with Gasteiger partial charge < -0.3 is 0 Å². The van der Waals surface area contributed by atoms with E-state index in [9.17, 15) is 0 Å². The molecular formula is C40H15B13N2. The van der Waals surface area contributed by atoms with Crippen LogP contribution >= 0.6 is 0 Å². The van der Waals surface area contributed by atoms with E-state index in [0.29, 0.717) is 54.9 Å². The highest BCUT2D eigenvalue weighted by Gasteiger charge is 2.26. The lowest BCUT2D eigenvalue weighted by atomic mass is 9.59. The predicted molar refractivity (Wildman–Crippen MR) is 247 cm³/mol. The summed E-state index contributed by atoms with van der Waals surface area (Å²) >= 11 is 0. The molecule has 224 valence electrons. The molecule has 0 saturated carbocycles. The minimum Gasteiger partial charge on any atom is -0.296 e. The van der Waals surface area contributed by atoms with Crippen LogP contribution in [0.4, 0.5) is 0 Å². The van der Waals surface area contributed by atoms with E-state index in [2.05, 4.69) is 4.57 Å². The molecule has 0 N–H and O–H groups in total. The van der Waals surface area contributed by atoms with Crippen LogP contribution in [0, 0.1) is 6.92 Å².